The maximum absolute atomic E-state index is 12.8. The maximum Gasteiger partial charge on any atom is 0.319 e. The fourth-order valence-electron chi connectivity index (χ4n) is 3.17. The Morgan fingerprint density at radius 3 is 2.59 bits per heavy atom. The van der Waals surface area contributed by atoms with Gasteiger partial charge in [0.2, 0.25) is 0 Å². The Morgan fingerprint density at radius 1 is 1.06 bits per heavy atom. The molecule has 3 rings (SSSR count). The minimum Gasteiger partial charge on any atom is -0.496 e. The Balaban J connectivity index is 1.87. The fraction of sp³-hybridized carbons (Fsp3) is 0.292. The molecule has 0 radical (unpaired) electrons. The summed E-state index contributed by atoms with van der Waals surface area (Å²) in [5.41, 5.74) is 1.40. The van der Waals surface area contributed by atoms with Crippen molar-refractivity contribution in [2.75, 3.05) is 38.7 Å². The van der Waals surface area contributed by atoms with Crippen LogP contribution in [0.4, 0.5) is 10.5 Å². The summed E-state index contributed by atoms with van der Waals surface area (Å²) in [4.78, 5) is 28.9. The van der Waals surface area contributed by atoms with Crippen molar-refractivity contribution < 1.29 is 23.8 Å². The second kappa shape index (κ2) is 12.1. The number of pyridine rings is 1. The van der Waals surface area contributed by atoms with Crippen LogP contribution in [-0.4, -0.2) is 50.3 Å². The third-order valence-corrected chi connectivity index (χ3v) is 5.07. The lowest BCUT2D eigenvalue weighted by Crippen LogP contribution is -2.28. The van der Waals surface area contributed by atoms with E-state index in [0.717, 1.165) is 0 Å². The molecule has 0 spiro atoms. The molecule has 0 saturated heterocycles. The van der Waals surface area contributed by atoms with Gasteiger partial charge >= 0.3 is 6.03 Å². The molecule has 3 aromatic rings. The molecule has 0 bridgehead atoms. The third kappa shape index (κ3) is 6.27. The van der Waals surface area contributed by atoms with Crippen LogP contribution in [0.15, 0.2) is 42.6 Å². The number of aromatic nitrogens is 1. The van der Waals surface area contributed by atoms with E-state index in [9.17, 15) is 9.59 Å². The Kier molecular flexibility index (Phi) is 8.89. The van der Waals surface area contributed by atoms with Gasteiger partial charge in [0, 0.05) is 43.4 Å². The van der Waals surface area contributed by atoms with Gasteiger partial charge in [-0.15, -0.1) is 0 Å². The number of carbonyl (C=O) groups is 2. The number of carbonyl (C=O) groups excluding carboxylic acids is 2. The molecule has 34 heavy (non-hydrogen) atoms. The molecule has 3 N–H and O–H groups in total. The topological polar surface area (TPSA) is 111 Å². The first kappa shape index (κ1) is 25.1. The van der Waals surface area contributed by atoms with Gasteiger partial charge in [0.25, 0.3) is 5.91 Å². The number of methoxy groups -OCH3 is 1. The monoisotopic (exact) mass is 486 g/mol. The molecule has 9 nitrogen and oxygen atoms in total. The van der Waals surface area contributed by atoms with E-state index in [1.165, 1.54) is 7.11 Å². The molecule has 0 aliphatic rings. The number of halogens is 1. The number of benzene rings is 2. The summed E-state index contributed by atoms with van der Waals surface area (Å²) in [6.07, 6.45) is 1.60. The zero-order valence-electron chi connectivity index (χ0n) is 19.2. The lowest BCUT2D eigenvalue weighted by Gasteiger charge is -2.14. The van der Waals surface area contributed by atoms with Crippen molar-refractivity contribution in [1.82, 2.24) is 15.6 Å². The number of anilines is 1. The minimum atomic E-state index is -0.348. The standard InChI is InChI=1S/C24H27ClN4O5/c1-4-26-24(31)29-19-7-6-15(12-18(19)25)34-21-8-9-27-20-14-22(32-3)17(13-16(20)21)23(30)28-10-11-33-5-2/h6-9,12-14H,4-5,10-11H2,1-3H3,(H,28,30)(H2,26,29,31). The van der Waals surface area contributed by atoms with Gasteiger partial charge in [0.1, 0.15) is 17.2 Å². The molecule has 0 saturated carbocycles. The van der Waals surface area contributed by atoms with Gasteiger partial charge in [0.15, 0.2) is 0 Å². The summed E-state index contributed by atoms with van der Waals surface area (Å²) in [5.74, 6) is 1.04. The van der Waals surface area contributed by atoms with E-state index in [2.05, 4.69) is 20.9 Å². The first-order valence-electron chi connectivity index (χ1n) is 10.8. The van der Waals surface area contributed by atoms with E-state index in [4.69, 9.17) is 25.8 Å². The predicted molar refractivity (Wildman–Crippen MR) is 131 cm³/mol. The predicted octanol–water partition coefficient (Wildman–Crippen LogP) is 4.60. The molecule has 3 amide bonds. The molecule has 0 atom stereocenters. The first-order chi connectivity index (χ1) is 16.5. The average molecular weight is 487 g/mol. The number of nitrogens with one attached hydrogen (secondary N) is 3. The highest BCUT2D eigenvalue weighted by molar-refractivity contribution is 6.33. The van der Waals surface area contributed by atoms with Gasteiger partial charge in [-0.05, 0) is 38.1 Å². The highest BCUT2D eigenvalue weighted by Crippen LogP contribution is 2.35. The second-order valence-corrected chi connectivity index (χ2v) is 7.47. The molecule has 0 aliphatic carbocycles. The fourth-order valence-corrected chi connectivity index (χ4v) is 3.39. The van der Waals surface area contributed by atoms with Gasteiger partial charge in [-0.3, -0.25) is 9.78 Å². The van der Waals surface area contributed by atoms with Gasteiger partial charge in [-0.1, -0.05) is 11.6 Å². The van der Waals surface area contributed by atoms with Gasteiger partial charge in [-0.25, -0.2) is 4.79 Å². The molecule has 0 fully saturated rings. The van der Waals surface area contributed by atoms with Crippen molar-refractivity contribution in [3.63, 3.8) is 0 Å². The van der Waals surface area contributed by atoms with Gasteiger partial charge < -0.3 is 30.2 Å². The Labute approximate surface area is 202 Å². The lowest BCUT2D eigenvalue weighted by molar-refractivity contribution is 0.0920. The summed E-state index contributed by atoms with van der Waals surface area (Å²) >= 11 is 6.32. The number of amides is 3. The number of ether oxygens (including phenoxy) is 3. The van der Waals surface area contributed by atoms with Crippen LogP contribution in [0.1, 0.15) is 24.2 Å². The Hall–Kier alpha value is -3.56. The first-order valence-corrected chi connectivity index (χ1v) is 11.2. The van der Waals surface area contributed by atoms with Crippen LogP contribution in [0.3, 0.4) is 0 Å². The minimum absolute atomic E-state index is 0.294. The van der Waals surface area contributed by atoms with E-state index in [-0.39, 0.29) is 11.9 Å². The molecule has 0 unspecified atom stereocenters. The van der Waals surface area contributed by atoms with Crippen LogP contribution >= 0.6 is 11.6 Å². The smallest absolute Gasteiger partial charge is 0.319 e. The summed E-state index contributed by atoms with van der Waals surface area (Å²) in [5, 5.41) is 9.08. The molecular weight excluding hydrogens is 460 g/mol. The maximum atomic E-state index is 12.8. The number of rotatable bonds is 10. The number of hydrogen-bond donors (Lipinski definition) is 3. The molecule has 0 aliphatic heterocycles. The van der Waals surface area contributed by atoms with Crippen LogP contribution in [-0.2, 0) is 4.74 Å². The van der Waals surface area contributed by atoms with E-state index >= 15 is 0 Å². The third-order valence-electron chi connectivity index (χ3n) is 4.76. The highest BCUT2D eigenvalue weighted by atomic mass is 35.5. The summed E-state index contributed by atoms with van der Waals surface area (Å²) < 4.78 is 16.7. The lowest BCUT2D eigenvalue weighted by atomic mass is 10.1. The Morgan fingerprint density at radius 2 is 1.88 bits per heavy atom. The van der Waals surface area contributed by atoms with E-state index in [1.54, 1.807) is 42.6 Å². The zero-order valence-corrected chi connectivity index (χ0v) is 20.0. The molecule has 180 valence electrons. The van der Waals surface area contributed by atoms with E-state index in [1.807, 2.05) is 13.8 Å². The van der Waals surface area contributed by atoms with E-state index < -0.39 is 0 Å². The van der Waals surface area contributed by atoms with Crippen LogP contribution < -0.4 is 25.4 Å². The highest BCUT2D eigenvalue weighted by Gasteiger charge is 2.17. The molecule has 10 heteroatoms. The zero-order chi connectivity index (χ0) is 24.5. The van der Waals surface area contributed by atoms with Crippen LogP contribution in [0.25, 0.3) is 10.9 Å². The summed E-state index contributed by atoms with van der Waals surface area (Å²) in [6.45, 7) is 5.58. The molecule has 1 heterocycles. The second-order valence-electron chi connectivity index (χ2n) is 7.06. The molecule has 2 aromatic carbocycles. The largest absolute Gasteiger partial charge is 0.496 e. The van der Waals surface area contributed by atoms with Crippen molar-refractivity contribution in [3.05, 3.63) is 53.2 Å². The Bertz CT molecular complexity index is 1170. The summed E-state index contributed by atoms with van der Waals surface area (Å²) in [6, 6.07) is 9.64. The van der Waals surface area contributed by atoms with Crippen molar-refractivity contribution in [2.45, 2.75) is 13.8 Å². The van der Waals surface area contributed by atoms with Gasteiger partial charge in [-0.2, -0.15) is 0 Å². The number of urea groups is 1. The number of fused-ring (bicyclic) bond motifs is 1. The van der Waals surface area contributed by atoms with E-state index in [0.29, 0.717) is 70.7 Å². The number of nitrogens with zero attached hydrogens (tertiary/aromatic N) is 1. The van der Waals surface area contributed by atoms with Gasteiger partial charge in [0.05, 0.1) is 35.5 Å². The summed E-state index contributed by atoms with van der Waals surface area (Å²) in [7, 11) is 1.50. The normalized spacial score (nSPS) is 10.6. The van der Waals surface area contributed by atoms with Crippen LogP contribution in [0, 0.1) is 0 Å². The van der Waals surface area contributed by atoms with Crippen molar-refractivity contribution >= 4 is 40.1 Å². The average Bonchev–Trinajstić information content (AvgIpc) is 2.83. The van der Waals surface area contributed by atoms with Crippen LogP contribution in [0.2, 0.25) is 5.02 Å². The quantitative estimate of drug-likeness (QED) is 0.361. The van der Waals surface area contributed by atoms with Crippen molar-refractivity contribution in [3.8, 4) is 17.2 Å². The molecule has 1 aromatic heterocycles. The SMILES string of the molecule is CCNC(=O)Nc1ccc(Oc2ccnc3cc(OC)c(C(=O)NCCOCC)cc23)cc1Cl. The van der Waals surface area contributed by atoms with Crippen molar-refractivity contribution in [1.29, 1.82) is 0 Å². The number of hydrogen-bond acceptors (Lipinski definition) is 6. The molecular formula is C24H27ClN4O5. The van der Waals surface area contributed by atoms with Crippen molar-refractivity contribution in [2.24, 2.45) is 0 Å². The van der Waals surface area contributed by atoms with Crippen LogP contribution in [0.5, 0.6) is 17.2 Å².